The number of anilines is 1. The number of hydrogen-bond acceptors (Lipinski definition) is 7. The average molecular weight is 522 g/mol. The van der Waals surface area contributed by atoms with Gasteiger partial charge in [-0.1, -0.05) is 12.1 Å². The number of hydrogen-bond donors (Lipinski definition) is 3. The first-order chi connectivity index (χ1) is 15.5. The molecule has 33 heavy (non-hydrogen) atoms. The Morgan fingerprint density at radius 3 is 2.52 bits per heavy atom. The highest BCUT2D eigenvalue weighted by Gasteiger charge is 2.25. The molecular weight excluding hydrogens is 501 g/mol. The lowest BCUT2D eigenvalue weighted by molar-refractivity contribution is -0.124. The van der Waals surface area contributed by atoms with Crippen LogP contribution < -0.4 is 16.2 Å². The molecule has 0 spiro atoms. The van der Waals surface area contributed by atoms with Crippen molar-refractivity contribution in [3.8, 4) is 0 Å². The van der Waals surface area contributed by atoms with Crippen LogP contribution >= 0.6 is 15.9 Å². The number of fused-ring (bicyclic) bond motifs is 1. The normalized spacial score (nSPS) is 12.2. The SMILES string of the molecule is CC(C(=O)NNC(=O)c1ccccc1F)n1nc(Br)c2c(NC(=O)OC(C)(C)C)ncnc21. The molecule has 0 aliphatic rings. The van der Waals surface area contributed by atoms with Crippen molar-refractivity contribution < 1.29 is 23.5 Å². The maximum absolute atomic E-state index is 13.7. The van der Waals surface area contributed by atoms with Crippen LogP contribution in [-0.2, 0) is 9.53 Å². The fraction of sp³-hybridized carbons (Fsp3) is 0.300. The Bertz CT molecular complexity index is 1220. The summed E-state index contributed by atoms with van der Waals surface area (Å²) in [6.45, 7) is 6.69. The summed E-state index contributed by atoms with van der Waals surface area (Å²) in [5.74, 6) is -2.04. The molecule has 0 radical (unpaired) electrons. The van der Waals surface area contributed by atoms with Crippen LogP contribution in [0.3, 0.4) is 0 Å². The van der Waals surface area contributed by atoms with Crippen LogP contribution in [0.15, 0.2) is 35.2 Å². The van der Waals surface area contributed by atoms with Gasteiger partial charge in [0.25, 0.3) is 11.8 Å². The summed E-state index contributed by atoms with van der Waals surface area (Å²) in [5.41, 5.74) is 3.72. The number of carbonyl (C=O) groups is 3. The number of nitrogens with zero attached hydrogens (tertiary/aromatic N) is 4. The molecule has 11 nitrogen and oxygen atoms in total. The Morgan fingerprint density at radius 1 is 1.15 bits per heavy atom. The zero-order valence-corrected chi connectivity index (χ0v) is 19.7. The van der Waals surface area contributed by atoms with E-state index in [-0.39, 0.29) is 21.6 Å². The quantitative estimate of drug-likeness (QED) is 0.448. The fourth-order valence-electron chi connectivity index (χ4n) is 2.74. The van der Waals surface area contributed by atoms with E-state index in [1.807, 2.05) is 0 Å². The zero-order chi connectivity index (χ0) is 24.3. The molecule has 3 N–H and O–H groups in total. The molecule has 0 bridgehead atoms. The molecule has 0 saturated carbocycles. The molecule has 0 fully saturated rings. The van der Waals surface area contributed by atoms with E-state index in [0.29, 0.717) is 5.39 Å². The van der Waals surface area contributed by atoms with E-state index < -0.39 is 35.4 Å². The second-order valence-electron chi connectivity index (χ2n) is 7.88. The Labute approximate surface area is 196 Å². The van der Waals surface area contributed by atoms with Crippen LogP contribution in [0.5, 0.6) is 0 Å². The Morgan fingerprint density at radius 2 is 1.85 bits per heavy atom. The second kappa shape index (κ2) is 9.48. The first kappa shape index (κ1) is 24.0. The van der Waals surface area contributed by atoms with Gasteiger partial charge in [-0.05, 0) is 55.8 Å². The van der Waals surface area contributed by atoms with E-state index in [9.17, 15) is 18.8 Å². The van der Waals surface area contributed by atoms with Gasteiger partial charge in [0.2, 0.25) is 0 Å². The summed E-state index contributed by atoms with van der Waals surface area (Å²) in [6.07, 6.45) is 0.480. The van der Waals surface area contributed by atoms with Gasteiger partial charge in [0, 0.05) is 0 Å². The van der Waals surface area contributed by atoms with Crippen molar-refractivity contribution in [1.29, 1.82) is 0 Å². The van der Waals surface area contributed by atoms with Crippen LogP contribution in [0.25, 0.3) is 11.0 Å². The summed E-state index contributed by atoms with van der Waals surface area (Å²) in [7, 11) is 0. The van der Waals surface area contributed by atoms with E-state index in [2.05, 4.69) is 47.2 Å². The smallest absolute Gasteiger partial charge is 0.413 e. The highest BCUT2D eigenvalue weighted by molar-refractivity contribution is 9.10. The number of benzene rings is 1. The summed E-state index contributed by atoms with van der Waals surface area (Å²) >= 11 is 3.29. The first-order valence-electron chi connectivity index (χ1n) is 9.71. The Balaban J connectivity index is 1.78. The van der Waals surface area contributed by atoms with Gasteiger partial charge in [-0.25, -0.2) is 23.8 Å². The van der Waals surface area contributed by atoms with Crippen molar-refractivity contribution in [2.24, 2.45) is 0 Å². The van der Waals surface area contributed by atoms with Crippen LogP contribution in [0.2, 0.25) is 0 Å². The third-order valence-corrected chi connectivity index (χ3v) is 4.78. The highest BCUT2D eigenvalue weighted by Crippen LogP contribution is 2.29. The van der Waals surface area contributed by atoms with Crippen molar-refractivity contribution in [3.05, 3.63) is 46.6 Å². The molecule has 13 heteroatoms. The summed E-state index contributed by atoms with van der Waals surface area (Å²) in [5, 5.41) is 7.14. The molecule has 1 atom stereocenters. The van der Waals surface area contributed by atoms with E-state index >= 15 is 0 Å². The lowest BCUT2D eigenvalue weighted by atomic mass is 10.2. The molecule has 0 aliphatic carbocycles. The zero-order valence-electron chi connectivity index (χ0n) is 18.1. The van der Waals surface area contributed by atoms with Crippen molar-refractivity contribution >= 4 is 50.7 Å². The van der Waals surface area contributed by atoms with Crippen molar-refractivity contribution in [1.82, 2.24) is 30.6 Å². The van der Waals surface area contributed by atoms with E-state index in [1.54, 1.807) is 20.8 Å². The molecule has 2 aromatic heterocycles. The molecule has 2 heterocycles. The third-order valence-electron chi connectivity index (χ3n) is 4.23. The van der Waals surface area contributed by atoms with Gasteiger partial charge in [0.1, 0.15) is 28.4 Å². The topological polar surface area (TPSA) is 140 Å². The minimum atomic E-state index is -0.941. The number of halogens is 2. The third kappa shape index (κ3) is 5.61. The summed E-state index contributed by atoms with van der Waals surface area (Å²) < 4.78 is 20.5. The molecule has 3 aromatic rings. The van der Waals surface area contributed by atoms with Gasteiger partial charge >= 0.3 is 6.09 Å². The van der Waals surface area contributed by atoms with Crippen molar-refractivity contribution in [2.45, 2.75) is 39.3 Å². The molecule has 1 unspecified atom stereocenters. The number of hydrazine groups is 1. The molecule has 174 valence electrons. The lowest BCUT2D eigenvalue weighted by Crippen LogP contribution is -2.44. The largest absolute Gasteiger partial charge is 0.444 e. The van der Waals surface area contributed by atoms with Gasteiger partial charge in [0.15, 0.2) is 11.5 Å². The van der Waals surface area contributed by atoms with Crippen LogP contribution in [0.4, 0.5) is 15.0 Å². The fourth-order valence-corrected chi connectivity index (χ4v) is 3.28. The van der Waals surface area contributed by atoms with Gasteiger partial charge in [-0.2, -0.15) is 5.10 Å². The standard InChI is InChI=1S/C20H21BrFN7O4/c1-10(17(30)26-27-18(31)11-7-5-6-8-12(11)22)29-16-13(14(21)28-29)15(23-9-24-16)25-19(32)33-20(2,3)4/h5-10H,1-4H3,(H,26,30)(H,27,31)(H,23,24,25,32). The van der Waals surface area contributed by atoms with Gasteiger partial charge in [-0.15, -0.1) is 0 Å². The number of carbonyl (C=O) groups excluding carboxylic acids is 3. The number of rotatable bonds is 4. The first-order valence-corrected chi connectivity index (χ1v) is 10.5. The van der Waals surface area contributed by atoms with E-state index in [0.717, 1.165) is 6.07 Å². The number of amides is 3. The number of aromatic nitrogens is 4. The van der Waals surface area contributed by atoms with E-state index in [1.165, 1.54) is 36.1 Å². The molecular formula is C20H21BrFN7O4. The summed E-state index contributed by atoms with van der Waals surface area (Å²) in [4.78, 5) is 45.1. The van der Waals surface area contributed by atoms with Crippen LogP contribution in [-0.4, -0.2) is 43.3 Å². The highest BCUT2D eigenvalue weighted by atomic mass is 79.9. The van der Waals surface area contributed by atoms with Crippen LogP contribution in [0, 0.1) is 5.82 Å². The van der Waals surface area contributed by atoms with Gasteiger partial charge < -0.3 is 4.74 Å². The number of nitrogens with one attached hydrogen (secondary N) is 3. The molecule has 3 rings (SSSR count). The van der Waals surface area contributed by atoms with Crippen molar-refractivity contribution in [3.63, 3.8) is 0 Å². The average Bonchev–Trinajstić information content (AvgIpc) is 3.07. The minimum absolute atomic E-state index is 0.132. The lowest BCUT2D eigenvalue weighted by Gasteiger charge is -2.19. The predicted octanol–water partition coefficient (Wildman–Crippen LogP) is 3.10. The Hall–Kier alpha value is -3.61. The van der Waals surface area contributed by atoms with Crippen LogP contribution in [0.1, 0.15) is 44.1 Å². The maximum atomic E-state index is 13.7. The Kier molecular flexibility index (Phi) is 6.91. The molecule has 1 aromatic carbocycles. The maximum Gasteiger partial charge on any atom is 0.413 e. The van der Waals surface area contributed by atoms with Crippen molar-refractivity contribution in [2.75, 3.05) is 5.32 Å². The van der Waals surface area contributed by atoms with E-state index in [4.69, 9.17) is 4.74 Å². The molecule has 0 saturated heterocycles. The second-order valence-corrected chi connectivity index (χ2v) is 8.63. The molecule has 0 aliphatic heterocycles. The summed E-state index contributed by atoms with van der Waals surface area (Å²) in [6, 6.07) is 4.42. The number of ether oxygens (including phenoxy) is 1. The monoisotopic (exact) mass is 521 g/mol. The molecule has 3 amide bonds. The van der Waals surface area contributed by atoms with Gasteiger partial charge in [-0.3, -0.25) is 25.8 Å². The van der Waals surface area contributed by atoms with Gasteiger partial charge in [0.05, 0.1) is 10.9 Å². The predicted molar refractivity (Wildman–Crippen MR) is 120 cm³/mol. The minimum Gasteiger partial charge on any atom is -0.444 e.